The molecule has 0 spiro atoms. The first-order valence-corrected chi connectivity index (χ1v) is 372. The zero-order valence-corrected chi connectivity index (χ0v) is 182. The second kappa shape index (κ2) is 83.2. The molecule has 4 N–H and O–H groups in total. The van der Waals surface area contributed by atoms with Crippen LogP contribution in [-0.4, -0.2) is 89.0 Å². The van der Waals surface area contributed by atoms with E-state index in [0.717, 1.165) is 103 Å². The van der Waals surface area contributed by atoms with E-state index in [1.165, 1.54) is 18.2 Å². The summed E-state index contributed by atoms with van der Waals surface area (Å²) >= 11 is 92.8. The van der Waals surface area contributed by atoms with Crippen molar-refractivity contribution in [3.8, 4) is 0 Å². The third-order valence-corrected chi connectivity index (χ3v) is 4230. The van der Waals surface area contributed by atoms with Gasteiger partial charge in [0.25, 0.3) is 0 Å². The maximum absolute atomic E-state index is 13.8. The van der Waals surface area contributed by atoms with Gasteiger partial charge in [0.05, 0.1) is 42.5 Å². The van der Waals surface area contributed by atoms with E-state index >= 15 is 0 Å². The number of likely N-dealkylation sites (tertiary alicyclic amines) is 2. The molecular weight excluding hydrogens is 7960 g/mol. The number of anilines is 4. The van der Waals surface area contributed by atoms with E-state index in [0.29, 0.717) is 30.7 Å². The number of piperidine rings is 2. The summed E-state index contributed by atoms with van der Waals surface area (Å²) in [6.45, 7) is 8.22. The number of carbonyl (C=O) groups is 2. The van der Waals surface area contributed by atoms with Crippen molar-refractivity contribution in [2.45, 2.75) is 110 Å². The van der Waals surface area contributed by atoms with E-state index in [9.17, 15) is 35.9 Å². The minimum atomic E-state index is -4.58. The SMILES string of the molecule is C.COC(=O)Cc1ccccc1CCc1nc(Nc2ccc(C3CCN(C)CC3)cc2C)ncc1C(F)(F)F.Cc1cc(C2CCN(C)CC2)ccc1Nc1ncc(C(F)(F)F)c(CCc2ccccc2CC(N)=O)n1.I[I-]I(I)I(I)I(I)I(I)I(I)I(I)I(I)I(I)I(I)I(I)I(I)I(I)I(I)I(I)I(I)I(I)I(I)I(I)I(I)I(I)I(I)I(I)I(I)I(I)I(I)I(I)I. The van der Waals surface area contributed by atoms with Gasteiger partial charge in [-0.15, -0.1) is 0 Å². The standard InChI is InChI=1S/C29H33F3N4O2.C28H32F3N5O.CH4.I55/c1-19-16-23(21-12-14-36(2)15-13-21)9-10-25(19)34-28-33-18-24(29(30,31)32)26(35-28)11-8-20-6-4-5-7-22(20)17-27(37)38-3;1-18-15-22(20-11-13-36(2)14-12-20)8-9-24(18)34-27-33-17-23(28(29,30)31)25(35-27)10-7-19-5-3-4-6-21(19)16-26(32)37;;1-29-31(4)33(6)35(8)37(10)39(12)41(14)43(16)45(18)47(20)49(22)51(24)53(26)55(28)54(27)52(25)50(23)48(21)46(19)44(17)42(15)40(13)38(11)36(9)34(7)32(5)30(2)3/h4-7,9-10,16,18,21H,8,11-15,17H2,1-3H3,(H,33,34,35);3-6,8-9,15,17,20H,7,10-14,16H2,1-2H3,(H2,32,37)(H,33,34,35);1H4;/q;;;-1. The Labute approximate surface area is 1140 Å². The average Bonchev–Trinajstić information content (AvgIpc) is 0.810. The number of esters is 1. The van der Waals surface area contributed by atoms with Crippen molar-refractivity contribution in [2.24, 2.45) is 5.73 Å². The molecule has 2 saturated heterocycles. The number of methoxy groups -OCH3 is 1. The van der Waals surface area contributed by atoms with Gasteiger partial charge in [0, 0.05) is 23.8 Å². The molecule has 4 aromatic carbocycles. The Kier molecular flexibility index (Phi) is 98.2. The van der Waals surface area contributed by atoms with Crippen molar-refractivity contribution in [2.75, 3.05) is 58.0 Å². The molecule has 792 valence electrons. The van der Waals surface area contributed by atoms with E-state index in [-0.39, 0.29) is 69.2 Å². The van der Waals surface area contributed by atoms with Gasteiger partial charge in [-0.3, -0.25) is 9.59 Å². The van der Waals surface area contributed by atoms with E-state index in [2.05, 4.69) is 600 Å². The number of primary amides is 1. The molecular formula is C58H69F6I55N9O3-. The van der Waals surface area contributed by atoms with Crippen LogP contribution in [0, 0.1) is 13.8 Å². The predicted molar refractivity (Wildman–Crippen MR) is 1040 cm³/mol. The van der Waals surface area contributed by atoms with Crippen LogP contribution in [0.3, 0.4) is 0 Å². The van der Waals surface area contributed by atoms with Gasteiger partial charge in [-0.05, 0) is 174 Å². The van der Waals surface area contributed by atoms with E-state index in [1.807, 2.05) is 26.0 Å². The number of alkyl halides is 6. The number of aryl methyl sites for hydroxylation is 6. The van der Waals surface area contributed by atoms with Crippen LogP contribution in [0.1, 0.15) is 112 Å². The molecule has 4 heterocycles. The molecule has 2 aliphatic heterocycles. The van der Waals surface area contributed by atoms with Crippen LogP contribution >= 0.6 is 726 Å². The Balaban J connectivity index is 0.000000355. The average molecular weight is 8030 g/mol. The molecule has 2 aliphatic rings. The van der Waals surface area contributed by atoms with Crippen LogP contribution in [0.15, 0.2) is 97.3 Å². The second-order valence-electron chi connectivity index (χ2n) is 23.9. The third-order valence-electron chi connectivity index (χ3n) is 16.2. The molecule has 6 aromatic rings. The number of halogens is 61. The Morgan fingerprint density at radius 1 is 0.420 bits per heavy atom. The quantitative estimate of drug-likeness (QED) is 0.0191. The van der Waals surface area contributed by atoms with Gasteiger partial charge in [0.1, 0.15) is 0 Å². The molecule has 0 radical (unpaired) electrons. The van der Waals surface area contributed by atoms with Crippen LogP contribution in [0.4, 0.5) is 49.6 Å². The monoisotopic (exact) mass is 8030 g/mol. The Morgan fingerprint density at radius 2 is 0.687 bits per heavy atom. The molecule has 1 amide bonds. The summed E-state index contributed by atoms with van der Waals surface area (Å²) in [6, 6.07) is 26.6. The van der Waals surface area contributed by atoms with Crippen LogP contribution in [-0.2, 0) is 65.2 Å². The number of ether oxygens (including phenoxy) is 1. The summed E-state index contributed by atoms with van der Waals surface area (Å²) in [6.07, 6.45) is -2.31. The molecule has 0 saturated carbocycles. The van der Waals surface area contributed by atoms with Gasteiger partial charge in [0.15, 0.2) is 0 Å². The van der Waals surface area contributed by atoms with Crippen molar-refractivity contribution in [3.05, 3.63) is 164 Å². The fourth-order valence-electron chi connectivity index (χ4n) is 10.5. The fraction of sp³-hybridized carbons (Fsp3) is 0.414. The maximum atomic E-state index is 13.8. The normalized spacial score (nSPS) is 16.5. The molecule has 0 atom stereocenters. The van der Waals surface area contributed by atoms with Crippen molar-refractivity contribution < 1.29 is 53.9 Å². The predicted octanol–water partition coefficient (Wildman–Crippen LogP) is 56.5. The molecule has 0 unspecified atom stereocenters. The van der Waals surface area contributed by atoms with Crippen LogP contribution in [0.25, 0.3) is 0 Å². The number of aromatic nitrogens is 4. The number of nitrogens with zero attached hydrogens (tertiary/aromatic N) is 6. The van der Waals surface area contributed by atoms with Crippen molar-refractivity contribution in [3.63, 3.8) is 0 Å². The zero-order chi connectivity index (χ0) is 97.6. The zero-order valence-electron chi connectivity index (χ0n) is 63.8. The van der Waals surface area contributed by atoms with E-state index < -0.39 is 241 Å². The van der Waals surface area contributed by atoms with Gasteiger partial charge >= 0.3 is 758 Å². The van der Waals surface area contributed by atoms with Crippen molar-refractivity contribution in [1.82, 2.24) is 29.7 Å². The number of hydrogen-bond acceptors (Lipinski definition) is 11. The second-order valence-corrected chi connectivity index (χ2v) is 1310. The number of nitrogens with two attached hydrogens (primary N) is 1. The number of rotatable bonds is 42. The van der Waals surface area contributed by atoms with E-state index in [1.54, 1.807) is 48.5 Å². The van der Waals surface area contributed by atoms with Gasteiger partial charge in [-0.1, -0.05) is 80.2 Å². The number of amides is 1. The number of hydrogen-bond donors (Lipinski definition) is 3. The molecule has 131 heavy (non-hydrogen) atoms. The number of nitrogens with one attached hydrogen (secondary N) is 2. The Morgan fingerprint density at radius 3 is 0.939 bits per heavy atom. The first kappa shape index (κ1) is 155. The summed E-state index contributed by atoms with van der Waals surface area (Å²) in [5.41, 5.74) is 12.4. The summed E-state index contributed by atoms with van der Waals surface area (Å²) < 4.78 is 87.3. The Bertz CT molecular complexity index is 4510. The summed E-state index contributed by atoms with van der Waals surface area (Å²) in [4.78, 5) is 44.3. The first-order valence-electron chi connectivity index (χ1n) is 32.9. The topological polar surface area (TPSA) is 151 Å². The first-order chi connectivity index (χ1) is 60.8. The van der Waals surface area contributed by atoms with E-state index in [4.69, 9.17) is 10.5 Å². The van der Waals surface area contributed by atoms with Gasteiger partial charge in [-0.25, -0.2) is 19.9 Å². The molecule has 2 aromatic heterocycles. The van der Waals surface area contributed by atoms with Crippen LogP contribution in [0.2, 0.25) is 0 Å². The molecule has 2 fully saturated rings. The molecule has 73 heteroatoms. The summed E-state index contributed by atoms with van der Waals surface area (Å²) in [5.74, 6) is 0.355. The van der Waals surface area contributed by atoms with Crippen molar-refractivity contribution >= 4 is 762 Å². The Hall–Kier alpha value is 33.2. The van der Waals surface area contributed by atoms with Gasteiger partial charge in [0.2, 0.25) is 17.8 Å². The van der Waals surface area contributed by atoms with Gasteiger partial charge in [-0.2, -0.15) is 26.3 Å². The van der Waals surface area contributed by atoms with Gasteiger partial charge < -0.3 is 30.9 Å². The molecule has 0 aliphatic carbocycles. The number of benzene rings is 4. The third kappa shape index (κ3) is 55.2. The van der Waals surface area contributed by atoms with Crippen LogP contribution in [0.5, 0.6) is 0 Å². The molecule has 12 nitrogen and oxygen atoms in total. The number of carbonyl (C=O) groups excluding carboxylic acids is 2. The van der Waals surface area contributed by atoms with Crippen molar-refractivity contribution in [1.29, 1.82) is 0 Å². The molecule has 8 rings (SSSR count). The summed E-state index contributed by atoms with van der Waals surface area (Å²) in [5, 5.41) is 6.22. The summed E-state index contributed by atoms with van der Waals surface area (Å²) in [7, 11) is -8.45. The minimum absolute atomic E-state index is 0. The molecule has 0 bridgehead atoms. The fourth-order valence-corrected chi connectivity index (χ4v) is 10300. The van der Waals surface area contributed by atoms with Crippen LogP contribution < -0.4 is 29.6 Å².